The number of anilines is 1. The molecule has 1 saturated heterocycles. The Balaban J connectivity index is 1.78. The van der Waals surface area contributed by atoms with Crippen LogP contribution in [0.2, 0.25) is 5.02 Å². The molecule has 0 saturated carbocycles. The number of aliphatic hydroxyl groups excluding tert-OH is 1. The molecule has 32 heavy (non-hydrogen) atoms. The average Bonchev–Trinajstić information content (AvgIpc) is 3.32. The SMILES string of the molecule is CN1CC=C(c2cnc(-c3ccc(Cl)c(C(F)(F)F)c3)nc2N2C[C@H](O)[C@@H](N(C)C)C2)C1. The van der Waals surface area contributed by atoms with Crippen molar-refractivity contribution >= 4 is 23.0 Å². The lowest BCUT2D eigenvalue weighted by Crippen LogP contribution is -2.38. The summed E-state index contributed by atoms with van der Waals surface area (Å²) in [4.78, 5) is 15.2. The molecular formula is C22H25ClF3N5O. The summed E-state index contributed by atoms with van der Waals surface area (Å²) in [5.41, 5.74) is 1.20. The van der Waals surface area contributed by atoms with Crippen LogP contribution in [0.1, 0.15) is 11.1 Å². The van der Waals surface area contributed by atoms with Gasteiger partial charge in [-0.1, -0.05) is 17.7 Å². The van der Waals surface area contributed by atoms with Crippen LogP contribution in [0, 0.1) is 0 Å². The number of hydrogen-bond donors (Lipinski definition) is 1. The summed E-state index contributed by atoms with van der Waals surface area (Å²) in [5.74, 6) is 0.795. The minimum absolute atomic E-state index is 0.0751. The number of likely N-dealkylation sites (N-methyl/N-ethyl adjacent to an activating group) is 2. The summed E-state index contributed by atoms with van der Waals surface area (Å²) in [5, 5.41) is 10.2. The largest absolute Gasteiger partial charge is 0.417 e. The molecule has 10 heteroatoms. The standard InChI is InChI=1S/C22H25ClF3N5O/c1-29(2)18-11-31(12-19(18)32)21-15(14-6-7-30(3)10-14)9-27-20(28-21)13-4-5-17(23)16(8-13)22(24,25)26/h4-6,8-9,18-19,32H,7,10-12H2,1-3H3/t18-,19-/m0/s1. The Morgan fingerprint density at radius 3 is 2.56 bits per heavy atom. The highest BCUT2D eigenvalue weighted by molar-refractivity contribution is 6.31. The second kappa shape index (κ2) is 8.62. The molecule has 0 unspecified atom stereocenters. The molecule has 2 atom stereocenters. The smallest absolute Gasteiger partial charge is 0.390 e. The number of β-amino-alcohol motifs (C(OH)–C–C–N with tert-alkyl or cyclic N) is 1. The van der Waals surface area contributed by atoms with Crippen LogP contribution in [0.25, 0.3) is 17.0 Å². The van der Waals surface area contributed by atoms with Gasteiger partial charge in [-0.05, 0) is 44.9 Å². The number of nitrogens with zero attached hydrogens (tertiary/aromatic N) is 5. The molecule has 2 aliphatic heterocycles. The van der Waals surface area contributed by atoms with E-state index in [0.29, 0.717) is 18.9 Å². The number of benzene rings is 1. The number of halogens is 4. The molecule has 4 rings (SSSR count). The van der Waals surface area contributed by atoms with E-state index < -0.39 is 17.8 Å². The highest BCUT2D eigenvalue weighted by Crippen LogP contribution is 2.38. The molecule has 1 aromatic heterocycles. The van der Waals surface area contributed by atoms with Crippen molar-refractivity contribution in [1.29, 1.82) is 0 Å². The van der Waals surface area contributed by atoms with Crippen LogP contribution in [0.3, 0.4) is 0 Å². The molecule has 0 spiro atoms. The lowest BCUT2D eigenvalue weighted by atomic mass is 10.1. The lowest BCUT2D eigenvalue weighted by Gasteiger charge is -2.24. The van der Waals surface area contributed by atoms with Gasteiger partial charge in [-0.25, -0.2) is 9.97 Å². The normalized spacial score (nSPS) is 22.2. The summed E-state index contributed by atoms with van der Waals surface area (Å²) in [6.45, 7) is 2.45. The summed E-state index contributed by atoms with van der Waals surface area (Å²) in [6, 6.07) is 3.60. The monoisotopic (exact) mass is 467 g/mol. The van der Waals surface area contributed by atoms with Crippen LogP contribution in [-0.2, 0) is 6.18 Å². The Hall–Kier alpha value is -2.20. The van der Waals surface area contributed by atoms with Crippen LogP contribution < -0.4 is 4.90 Å². The second-order valence-electron chi connectivity index (χ2n) is 8.55. The highest BCUT2D eigenvalue weighted by atomic mass is 35.5. The molecule has 0 aliphatic carbocycles. The number of alkyl halides is 3. The molecule has 1 aromatic carbocycles. The Morgan fingerprint density at radius 1 is 1.22 bits per heavy atom. The Morgan fingerprint density at radius 2 is 1.97 bits per heavy atom. The maximum Gasteiger partial charge on any atom is 0.417 e. The van der Waals surface area contributed by atoms with Gasteiger partial charge in [-0.2, -0.15) is 13.2 Å². The van der Waals surface area contributed by atoms with E-state index in [4.69, 9.17) is 16.6 Å². The van der Waals surface area contributed by atoms with Crippen molar-refractivity contribution in [3.05, 3.63) is 46.6 Å². The van der Waals surface area contributed by atoms with Crippen LogP contribution >= 0.6 is 11.6 Å². The maximum absolute atomic E-state index is 13.4. The van der Waals surface area contributed by atoms with E-state index in [1.54, 1.807) is 6.20 Å². The molecule has 0 bridgehead atoms. The fourth-order valence-corrected chi connectivity index (χ4v) is 4.42. The first kappa shape index (κ1) is 23.0. The second-order valence-corrected chi connectivity index (χ2v) is 8.96. The quantitative estimate of drug-likeness (QED) is 0.745. The van der Waals surface area contributed by atoms with Crippen molar-refractivity contribution in [2.24, 2.45) is 0 Å². The van der Waals surface area contributed by atoms with E-state index >= 15 is 0 Å². The molecule has 6 nitrogen and oxygen atoms in total. The summed E-state index contributed by atoms with van der Waals surface area (Å²) >= 11 is 5.78. The van der Waals surface area contributed by atoms with Gasteiger partial charge < -0.3 is 14.9 Å². The van der Waals surface area contributed by atoms with Crippen LogP contribution in [-0.4, -0.2) is 84.3 Å². The molecular weight excluding hydrogens is 443 g/mol. The van der Waals surface area contributed by atoms with Gasteiger partial charge in [0.05, 0.1) is 22.7 Å². The predicted octanol–water partition coefficient (Wildman–Crippen LogP) is 3.26. The van der Waals surface area contributed by atoms with Crippen LogP contribution in [0.5, 0.6) is 0 Å². The third-order valence-electron chi connectivity index (χ3n) is 5.96. The third-order valence-corrected chi connectivity index (χ3v) is 6.29. The first-order valence-corrected chi connectivity index (χ1v) is 10.6. The van der Waals surface area contributed by atoms with Gasteiger partial charge in [0.2, 0.25) is 0 Å². The molecule has 0 radical (unpaired) electrons. The third kappa shape index (κ3) is 4.47. The van der Waals surface area contributed by atoms with Gasteiger partial charge >= 0.3 is 6.18 Å². The van der Waals surface area contributed by atoms with Crippen LogP contribution in [0.4, 0.5) is 19.0 Å². The van der Waals surface area contributed by atoms with Gasteiger partial charge in [0.15, 0.2) is 5.82 Å². The van der Waals surface area contributed by atoms with E-state index in [1.807, 2.05) is 30.9 Å². The minimum atomic E-state index is -4.58. The van der Waals surface area contributed by atoms with E-state index in [0.717, 1.165) is 30.3 Å². The zero-order chi connectivity index (χ0) is 23.2. The van der Waals surface area contributed by atoms with E-state index in [-0.39, 0.29) is 22.5 Å². The Bertz CT molecular complexity index is 1040. The highest BCUT2D eigenvalue weighted by Gasteiger charge is 2.36. The summed E-state index contributed by atoms with van der Waals surface area (Å²) in [6.07, 6.45) is -1.38. The van der Waals surface area contributed by atoms with Gasteiger partial charge in [-0.15, -0.1) is 0 Å². The summed E-state index contributed by atoms with van der Waals surface area (Å²) in [7, 11) is 5.82. The van der Waals surface area contributed by atoms with Crippen molar-refractivity contribution in [2.75, 3.05) is 52.2 Å². The van der Waals surface area contributed by atoms with Gasteiger partial charge in [0, 0.05) is 43.5 Å². The van der Waals surface area contributed by atoms with Gasteiger partial charge in [0.25, 0.3) is 0 Å². The summed E-state index contributed by atoms with van der Waals surface area (Å²) < 4.78 is 40.1. The first-order chi connectivity index (χ1) is 15.0. The van der Waals surface area contributed by atoms with Gasteiger partial charge in [0.1, 0.15) is 5.82 Å². The van der Waals surface area contributed by atoms with Crippen molar-refractivity contribution in [3.8, 4) is 11.4 Å². The van der Waals surface area contributed by atoms with Gasteiger partial charge in [-0.3, -0.25) is 4.90 Å². The van der Waals surface area contributed by atoms with E-state index in [2.05, 4.69) is 16.0 Å². The fourth-order valence-electron chi connectivity index (χ4n) is 4.19. The zero-order valence-electron chi connectivity index (χ0n) is 18.1. The van der Waals surface area contributed by atoms with Crippen molar-refractivity contribution in [3.63, 3.8) is 0 Å². The molecule has 172 valence electrons. The minimum Gasteiger partial charge on any atom is -0.390 e. The molecule has 1 fully saturated rings. The van der Waals surface area contributed by atoms with Crippen LogP contribution in [0.15, 0.2) is 30.5 Å². The molecule has 3 heterocycles. The predicted molar refractivity (Wildman–Crippen MR) is 119 cm³/mol. The maximum atomic E-state index is 13.4. The lowest BCUT2D eigenvalue weighted by molar-refractivity contribution is -0.137. The number of aliphatic hydroxyl groups is 1. The Labute approximate surface area is 189 Å². The van der Waals surface area contributed by atoms with E-state index in [1.165, 1.54) is 12.1 Å². The van der Waals surface area contributed by atoms with Crippen molar-refractivity contribution < 1.29 is 18.3 Å². The topological polar surface area (TPSA) is 55.7 Å². The molecule has 0 amide bonds. The number of rotatable bonds is 4. The number of aromatic nitrogens is 2. The fraction of sp³-hybridized carbons (Fsp3) is 0.455. The Kier molecular flexibility index (Phi) is 6.19. The number of hydrogen-bond acceptors (Lipinski definition) is 6. The molecule has 2 aromatic rings. The molecule has 2 aliphatic rings. The molecule has 1 N–H and O–H groups in total. The average molecular weight is 468 g/mol. The first-order valence-electron chi connectivity index (χ1n) is 10.3. The van der Waals surface area contributed by atoms with E-state index in [9.17, 15) is 18.3 Å². The zero-order valence-corrected chi connectivity index (χ0v) is 18.8. The van der Waals surface area contributed by atoms with Crippen molar-refractivity contribution in [1.82, 2.24) is 19.8 Å². The van der Waals surface area contributed by atoms with Crippen molar-refractivity contribution in [2.45, 2.75) is 18.3 Å².